The van der Waals surface area contributed by atoms with E-state index < -0.39 is 5.97 Å². The number of rotatable bonds is 12. The molecule has 1 saturated heterocycles. The molecule has 2 saturated carbocycles. The number of carboxylic acids is 1. The van der Waals surface area contributed by atoms with Gasteiger partial charge in [-0.25, -0.2) is 0 Å². The van der Waals surface area contributed by atoms with Crippen LogP contribution in [0.3, 0.4) is 0 Å². The van der Waals surface area contributed by atoms with Crippen LogP contribution < -0.4 is 19.7 Å². The molecule has 2 aliphatic carbocycles. The number of aliphatic carboxylic acids is 1. The van der Waals surface area contributed by atoms with Gasteiger partial charge in [0, 0.05) is 25.7 Å². The molecule has 0 bridgehead atoms. The number of hydrogen-bond donors (Lipinski definition) is 2. The third-order valence-corrected chi connectivity index (χ3v) is 9.04. The van der Waals surface area contributed by atoms with Crippen LogP contribution in [-0.2, 0) is 4.79 Å². The summed E-state index contributed by atoms with van der Waals surface area (Å²) in [6.07, 6.45) is 10.6. The van der Waals surface area contributed by atoms with Crippen LogP contribution >= 0.6 is 0 Å². The zero-order valence-corrected chi connectivity index (χ0v) is 23.8. The van der Waals surface area contributed by atoms with Crippen LogP contribution in [0.1, 0.15) is 86.0 Å². The number of carboxylic acid groups (broad SMARTS) is 1. The fourth-order valence-electron chi connectivity index (χ4n) is 6.45. The summed E-state index contributed by atoms with van der Waals surface area (Å²) < 4.78 is 11.7. The van der Waals surface area contributed by atoms with Gasteiger partial charge in [0.25, 0.3) is 5.91 Å². The van der Waals surface area contributed by atoms with Gasteiger partial charge in [0.15, 0.2) is 0 Å². The molecule has 3 fully saturated rings. The standard InChI is InChI=1S/C33H44N2O5/c1-39-27-12-13-29(33(38)34-21-23-6-3-2-4-7-23)31(19-27)35-16-14-24(15-17-35)22-40-28-9-5-8-26(18-28)30(20-32(36)37)25-10-11-25/h5,8-9,12-13,18-19,23-25,30H,2-4,6-7,10-11,14-17,20-22H2,1H3,(H,34,38)(H,36,37). The fourth-order valence-corrected chi connectivity index (χ4v) is 6.45. The Morgan fingerprint density at radius 2 is 1.73 bits per heavy atom. The quantitative estimate of drug-likeness (QED) is 0.325. The maximum absolute atomic E-state index is 13.2. The van der Waals surface area contributed by atoms with E-state index in [9.17, 15) is 14.7 Å². The first-order valence-corrected chi connectivity index (χ1v) is 15.2. The molecule has 2 aromatic carbocycles. The van der Waals surface area contributed by atoms with Crippen LogP contribution in [0.15, 0.2) is 42.5 Å². The van der Waals surface area contributed by atoms with Crippen molar-refractivity contribution >= 4 is 17.6 Å². The number of anilines is 1. The van der Waals surface area contributed by atoms with Crippen LogP contribution in [0, 0.1) is 17.8 Å². The molecule has 2 N–H and O–H groups in total. The molecule has 1 aliphatic heterocycles. The van der Waals surface area contributed by atoms with E-state index in [0.717, 1.165) is 73.6 Å². The van der Waals surface area contributed by atoms with Crippen LogP contribution in [0.25, 0.3) is 0 Å². The first-order chi connectivity index (χ1) is 19.5. The van der Waals surface area contributed by atoms with E-state index in [1.165, 1.54) is 32.1 Å². The fraction of sp³-hybridized carbons (Fsp3) is 0.576. The van der Waals surface area contributed by atoms with Crippen molar-refractivity contribution < 1.29 is 24.2 Å². The van der Waals surface area contributed by atoms with Gasteiger partial charge in [0.2, 0.25) is 0 Å². The van der Waals surface area contributed by atoms with Crippen molar-refractivity contribution in [2.45, 2.75) is 70.1 Å². The highest BCUT2D eigenvalue weighted by molar-refractivity contribution is 6.00. The molecule has 40 heavy (non-hydrogen) atoms. The topological polar surface area (TPSA) is 88.1 Å². The highest BCUT2D eigenvalue weighted by Gasteiger charge is 2.34. The summed E-state index contributed by atoms with van der Waals surface area (Å²) in [6, 6.07) is 13.8. The summed E-state index contributed by atoms with van der Waals surface area (Å²) in [5.74, 6) is 2.40. The molecule has 7 heteroatoms. The Morgan fingerprint density at radius 1 is 0.950 bits per heavy atom. The van der Waals surface area contributed by atoms with Crippen LogP contribution in [0.5, 0.6) is 11.5 Å². The largest absolute Gasteiger partial charge is 0.497 e. The summed E-state index contributed by atoms with van der Waals surface area (Å²) in [5, 5.41) is 12.6. The lowest BCUT2D eigenvalue weighted by atomic mass is 9.89. The van der Waals surface area contributed by atoms with Crippen LogP contribution in [0.2, 0.25) is 0 Å². The molecular weight excluding hydrogens is 504 g/mol. The molecule has 3 aliphatic rings. The predicted octanol–water partition coefficient (Wildman–Crippen LogP) is 6.27. The van der Waals surface area contributed by atoms with Gasteiger partial charge in [-0.1, -0.05) is 31.4 Å². The van der Waals surface area contributed by atoms with Crippen LogP contribution in [-0.4, -0.2) is 50.3 Å². The Hall–Kier alpha value is -3.22. The summed E-state index contributed by atoms with van der Waals surface area (Å²) in [7, 11) is 1.66. The predicted molar refractivity (Wildman–Crippen MR) is 156 cm³/mol. The van der Waals surface area contributed by atoms with Gasteiger partial charge < -0.3 is 24.8 Å². The molecule has 0 aromatic heterocycles. The van der Waals surface area contributed by atoms with E-state index in [1.807, 2.05) is 42.5 Å². The van der Waals surface area contributed by atoms with E-state index >= 15 is 0 Å². The van der Waals surface area contributed by atoms with Crippen molar-refractivity contribution in [2.24, 2.45) is 17.8 Å². The summed E-state index contributed by atoms with van der Waals surface area (Å²) in [5.41, 5.74) is 2.73. The molecule has 1 heterocycles. The molecule has 0 radical (unpaired) electrons. The van der Waals surface area contributed by atoms with E-state index in [2.05, 4.69) is 10.2 Å². The molecule has 2 aromatic rings. The minimum atomic E-state index is -0.740. The van der Waals surface area contributed by atoms with Gasteiger partial charge in [-0.15, -0.1) is 0 Å². The average Bonchev–Trinajstić information content (AvgIpc) is 3.84. The van der Waals surface area contributed by atoms with Crippen LogP contribution in [0.4, 0.5) is 5.69 Å². The minimum absolute atomic E-state index is 0.000893. The Kier molecular flexibility index (Phi) is 9.50. The SMILES string of the molecule is COc1ccc(C(=O)NCC2CCCCC2)c(N2CCC(COc3cccc(C(CC(=O)O)C4CC4)c3)CC2)c1. The van der Waals surface area contributed by atoms with Gasteiger partial charge in [0.05, 0.1) is 31.4 Å². The van der Waals surface area contributed by atoms with Crippen molar-refractivity contribution in [2.75, 3.05) is 38.3 Å². The van der Waals surface area contributed by atoms with Crippen molar-refractivity contribution in [3.8, 4) is 11.5 Å². The number of ether oxygens (including phenoxy) is 2. The third-order valence-electron chi connectivity index (χ3n) is 9.04. The Morgan fingerprint density at radius 3 is 2.42 bits per heavy atom. The third kappa shape index (κ3) is 7.49. The first-order valence-electron chi connectivity index (χ1n) is 15.2. The van der Waals surface area contributed by atoms with Crippen molar-refractivity contribution in [1.29, 1.82) is 0 Å². The minimum Gasteiger partial charge on any atom is -0.497 e. The number of nitrogens with zero attached hydrogens (tertiary/aromatic N) is 1. The van der Waals surface area contributed by atoms with Crippen molar-refractivity contribution in [3.63, 3.8) is 0 Å². The lowest BCUT2D eigenvalue weighted by Crippen LogP contribution is -2.37. The number of hydrogen-bond acceptors (Lipinski definition) is 5. The number of benzene rings is 2. The number of nitrogens with one attached hydrogen (secondary N) is 1. The van der Waals surface area contributed by atoms with E-state index in [1.54, 1.807) is 7.11 Å². The molecular formula is C33H44N2O5. The highest BCUT2D eigenvalue weighted by atomic mass is 16.5. The maximum Gasteiger partial charge on any atom is 0.303 e. The summed E-state index contributed by atoms with van der Waals surface area (Å²) >= 11 is 0. The normalized spacial score (nSPS) is 19.2. The second kappa shape index (κ2) is 13.4. The van der Waals surface area contributed by atoms with Crippen molar-refractivity contribution in [3.05, 3.63) is 53.6 Å². The van der Waals surface area contributed by atoms with E-state index in [0.29, 0.717) is 24.4 Å². The molecule has 1 amide bonds. The molecule has 5 rings (SSSR count). The second-order valence-electron chi connectivity index (χ2n) is 12.0. The van der Waals surface area contributed by atoms with Gasteiger partial charge in [0.1, 0.15) is 11.5 Å². The lowest BCUT2D eigenvalue weighted by Gasteiger charge is -2.34. The number of piperidine rings is 1. The molecule has 1 unspecified atom stereocenters. The average molecular weight is 549 g/mol. The maximum atomic E-state index is 13.2. The zero-order chi connectivity index (χ0) is 27.9. The summed E-state index contributed by atoms with van der Waals surface area (Å²) in [4.78, 5) is 26.9. The van der Waals surface area contributed by atoms with Gasteiger partial charge >= 0.3 is 5.97 Å². The van der Waals surface area contributed by atoms with Gasteiger partial charge in [-0.05, 0) is 92.0 Å². The Bertz CT molecular complexity index is 1150. The van der Waals surface area contributed by atoms with Gasteiger partial charge in [-0.2, -0.15) is 0 Å². The zero-order valence-electron chi connectivity index (χ0n) is 23.8. The Balaban J connectivity index is 1.16. The smallest absolute Gasteiger partial charge is 0.303 e. The number of amides is 1. The number of carbonyl (C=O) groups excluding carboxylic acids is 1. The van der Waals surface area contributed by atoms with Gasteiger partial charge in [-0.3, -0.25) is 9.59 Å². The number of methoxy groups -OCH3 is 1. The first kappa shape index (κ1) is 28.3. The lowest BCUT2D eigenvalue weighted by molar-refractivity contribution is -0.137. The monoisotopic (exact) mass is 548 g/mol. The molecule has 7 nitrogen and oxygen atoms in total. The summed E-state index contributed by atoms with van der Waals surface area (Å²) in [6.45, 7) is 3.10. The molecule has 216 valence electrons. The highest BCUT2D eigenvalue weighted by Crippen LogP contribution is 2.45. The van der Waals surface area contributed by atoms with Crippen molar-refractivity contribution in [1.82, 2.24) is 5.32 Å². The van der Waals surface area contributed by atoms with E-state index in [4.69, 9.17) is 9.47 Å². The second-order valence-corrected chi connectivity index (χ2v) is 12.0. The molecule has 1 atom stereocenters. The molecule has 0 spiro atoms. The Labute approximate surface area is 238 Å². The van der Waals surface area contributed by atoms with E-state index in [-0.39, 0.29) is 18.2 Å². The number of carbonyl (C=O) groups is 2.